The molecular weight excluding hydrogens is 595 g/mol. The second kappa shape index (κ2) is 12.8. The first-order valence-corrected chi connectivity index (χ1v) is 17.5. The lowest BCUT2D eigenvalue weighted by Crippen LogP contribution is -2.58. The highest BCUT2D eigenvalue weighted by Gasteiger charge is 2.37. The van der Waals surface area contributed by atoms with E-state index in [1.165, 1.54) is 66.5 Å². The Bertz CT molecular complexity index is 1880. The van der Waals surface area contributed by atoms with E-state index in [4.69, 9.17) is 9.47 Å². The molecule has 0 bridgehead atoms. The van der Waals surface area contributed by atoms with E-state index in [0.29, 0.717) is 0 Å². The Kier molecular flexibility index (Phi) is 8.95. The fraction of sp³-hybridized carbons (Fsp3) is 0.304. The van der Waals surface area contributed by atoms with Crippen molar-refractivity contribution in [1.82, 2.24) is 0 Å². The molecule has 0 unspecified atom stereocenters. The molecule has 0 aliphatic carbocycles. The second-order valence-electron chi connectivity index (χ2n) is 16.6. The van der Waals surface area contributed by atoms with Crippen LogP contribution in [0.4, 0.5) is 0 Å². The SMILES string of the molecule is COc1ccc(-c2ccc3c(c2)C=Cc2cc(-c4ccc(OC)cc4)ccc2B3c2c(C(C)(C)C)cc(C(C)(C)C)cc2C(C)(C)C)cc1. The van der Waals surface area contributed by atoms with Gasteiger partial charge < -0.3 is 9.47 Å². The normalized spacial score (nSPS) is 13.1. The van der Waals surface area contributed by atoms with Crippen molar-refractivity contribution in [2.75, 3.05) is 14.2 Å². The number of rotatable bonds is 5. The minimum Gasteiger partial charge on any atom is -0.497 e. The van der Waals surface area contributed by atoms with Gasteiger partial charge in [-0.15, -0.1) is 0 Å². The van der Waals surface area contributed by atoms with Crippen molar-refractivity contribution in [3.05, 3.63) is 125 Å². The van der Waals surface area contributed by atoms with Gasteiger partial charge in [0.25, 0.3) is 0 Å². The number of hydrogen-bond donors (Lipinski definition) is 0. The summed E-state index contributed by atoms with van der Waals surface area (Å²) in [5, 5.41) is 0. The summed E-state index contributed by atoms with van der Waals surface area (Å²) in [6, 6.07) is 35.9. The van der Waals surface area contributed by atoms with Gasteiger partial charge in [0.2, 0.25) is 6.71 Å². The Morgan fingerprint density at radius 3 is 1.12 bits per heavy atom. The summed E-state index contributed by atoms with van der Waals surface area (Å²) in [6.07, 6.45) is 4.66. The summed E-state index contributed by atoms with van der Waals surface area (Å²) in [5.74, 6) is 1.73. The average Bonchev–Trinajstić information content (AvgIpc) is 3.22. The molecule has 0 aromatic heterocycles. The quantitative estimate of drug-likeness (QED) is 0.174. The summed E-state index contributed by atoms with van der Waals surface area (Å²) in [6.45, 7) is 21.3. The third-order valence-electron chi connectivity index (χ3n) is 10.0. The monoisotopic (exact) mass is 646 g/mol. The molecule has 0 atom stereocenters. The number of ether oxygens (including phenoxy) is 2. The number of fused-ring (bicyclic) bond motifs is 2. The predicted octanol–water partition coefficient (Wildman–Crippen LogP) is 9.93. The van der Waals surface area contributed by atoms with Gasteiger partial charge >= 0.3 is 0 Å². The highest BCUT2D eigenvalue weighted by Crippen LogP contribution is 2.35. The van der Waals surface area contributed by atoms with Crippen molar-refractivity contribution >= 4 is 35.3 Å². The molecule has 0 fully saturated rings. The van der Waals surface area contributed by atoms with Gasteiger partial charge in [-0.1, -0.05) is 152 Å². The molecule has 0 amide bonds. The van der Waals surface area contributed by atoms with Crippen LogP contribution in [0.15, 0.2) is 97.1 Å². The zero-order chi connectivity index (χ0) is 35.3. The third kappa shape index (κ3) is 6.86. The van der Waals surface area contributed by atoms with Crippen LogP contribution in [-0.2, 0) is 16.2 Å². The summed E-state index contributed by atoms with van der Waals surface area (Å²) in [7, 11) is 3.43. The van der Waals surface area contributed by atoms with Gasteiger partial charge in [-0.3, -0.25) is 0 Å². The molecule has 0 saturated carbocycles. The summed E-state index contributed by atoms with van der Waals surface area (Å²) < 4.78 is 10.9. The average molecular weight is 647 g/mol. The van der Waals surface area contributed by atoms with Gasteiger partial charge in [0.15, 0.2) is 0 Å². The Morgan fingerprint density at radius 2 is 0.796 bits per heavy atom. The molecule has 2 nitrogen and oxygen atoms in total. The lowest BCUT2D eigenvalue weighted by Gasteiger charge is -2.36. The maximum Gasteiger partial charge on any atom is 0.243 e. The molecule has 6 rings (SSSR count). The van der Waals surface area contributed by atoms with E-state index in [0.717, 1.165) is 11.5 Å². The zero-order valence-corrected chi connectivity index (χ0v) is 31.3. The van der Waals surface area contributed by atoms with Gasteiger partial charge in [0.1, 0.15) is 11.5 Å². The Balaban J connectivity index is 1.66. The smallest absolute Gasteiger partial charge is 0.243 e. The molecule has 1 aliphatic heterocycles. The van der Waals surface area contributed by atoms with E-state index < -0.39 is 0 Å². The summed E-state index contributed by atoms with van der Waals surface area (Å²) >= 11 is 0. The van der Waals surface area contributed by atoms with E-state index in [2.05, 4.69) is 147 Å². The van der Waals surface area contributed by atoms with Gasteiger partial charge in [-0.05, 0) is 103 Å². The van der Waals surface area contributed by atoms with E-state index >= 15 is 0 Å². The van der Waals surface area contributed by atoms with Crippen LogP contribution in [-0.4, -0.2) is 20.9 Å². The largest absolute Gasteiger partial charge is 0.497 e. The van der Waals surface area contributed by atoms with Crippen LogP contribution in [0.5, 0.6) is 11.5 Å². The first-order valence-electron chi connectivity index (χ1n) is 17.5. The van der Waals surface area contributed by atoms with Crippen molar-refractivity contribution in [2.45, 2.75) is 78.6 Å². The highest BCUT2D eigenvalue weighted by molar-refractivity contribution is 6.97. The lowest BCUT2D eigenvalue weighted by atomic mass is 9.33. The third-order valence-corrected chi connectivity index (χ3v) is 10.0. The van der Waals surface area contributed by atoms with Crippen LogP contribution in [0.3, 0.4) is 0 Å². The van der Waals surface area contributed by atoms with Crippen LogP contribution in [0, 0.1) is 0 Å². The standard InChI is InChI=1S/C46H51BO2/c1-44(2,3)36-28-39(45(4,5)6)43(40(29-36)46(7,8)9)47-41-24-18-32(30-14-20-37(48-10)21-15-30)26-34(41)12-13-35-27-33(19-25-42(35)47)31-16-22-38(49-11)23-17-31/h12-29H,1-11H3. The Hall–Kier alpha value is -4.50. The molecule has 0 spiro atoms. The van der Waals surface area contributed by atoms with Gasteiger partial charge in [0.05, 0.1) is 14.2 Å². The van der Waals surface area contributed by atoms with Crippen molar-refractivity contribution in [3.63, 3.8) is 0 Å². The molecule has 1 aliphatic rings. The second-order valence-corrected chi connectivity index (χ2v) is 16.6. The molecule has 250 valence electrons. The lowest BCUT2D eigenvalue weighted by molar-refractivity contribution is 0.415. The molecule has 5 aromatic carbocycles. The van der Waals surface area contributed by atoms with Crippen LogP contribution >= 0.6 is 0 Å². The van der Waals surface area contributed by atoms with Gasteiger partial charge in [-0.2, -0.15) is 0 Å². The molecular formula is C46H51BO2. The first-order chi connectivity index (χ1) is 23.1. The van der Waals surface area contributed by atoms with Crippen LogP contribution in [0.25, 0.3) is 34.4 Å². The summed E-state index contributed by atoms with van der Waals surface area (Å²) in [4.78, 5) is 0. The molecule has 1 heterocycles. The van der Waals surface area contributed by atoms with Crippen molar-refractivity contribution in [1.29, 1.82) is 0 Å². The van der Waals surface area contributed by atoms with Crippen molar-refractivity contribution in [2.24, 2.45) is 0 Å². The fourth-order valence-electron chi connectivity index (χ4n) is 7.19. The Labute approximate surface area is 295 Å². The highest BCUT2D eigenvalue weighted by atomic mass is 16.5. The van der Waals surface area contributed by atoms with Crippen molar-refractivity contribution in [3.8, 4) is 33.8 Å². The molecule has 0 radical (unpaired) electrons. The van der Waals surface area contributed by atoms with Crippen molar-refractivity contribution < 1.29 is 9.47 Å². The molecule has 5 aromatic rings. The molecule has 49 heavy (non-hydrogen) atoms. The maximum absolute atomic E-state index is 5.45. The number of hydrogen-bond acceptors (Lipinski definition) is 2. The first kappa shape index (κ1) is 34.4. The van der Waals surface area contributed by atoms with E-state index in [-0.39, 0.29) is 23.0 Å². The van der Waals surface area contributed by atoms with E-state index in [9.17, 15) is 0 Å². The van der Waals surface area contributed by atoms with Gasteiger partial charge in [-0.25, -0.2) is 0 Å². The minimum absolute atomic E-state index is 0.0277. The molecule has 0 saturated heterocycles. The van der Waals surface area contributed by atoms with Crippen LogP contribution < -0.4 is 25.9 Å². The number of benzene rings is 5. The Morgan fingerprint density at radius 1 is 0.429 bits per heavy atom. The molecule has 3 heteroatoms. The molecule has 0 N–H and O–H groups in total. The van der Waals surface area contributed by atoms with Gasteiger partial charge in [0, 0.05) is 0 Å². The summed E-state index contributed by atoms with van der Waals surface area (Å²) in [5.41, 5.74) is 15.5. The predicted molar refractivity (Wildman–Crippen MR) is 213 cm³/mol. The van der Waals surface area contributed by atoms with E-state index in [1.807, 2.05) is 24.3 Å². The van der Waals surface area contributed by atoms with Crippen LogP contribution in [0.1, 0.15) is 90.1 Å². The zero-order valence-electron chi connectivity index (χ0n) is 31.3. The van der Waals surface area contributed by atoms with E-state index in [1.54, 1.807) is 14.2 Å². The maximum atomic E-state index is 5.45. The van der Waals surface area contributed by atoms with Crippen LogP contribution in [0.2, 0.25) is 0 Å². The fourth-order valence-corrected chi connectivity index (χ4v) is 7.19. The topological polar surface area (TPSA) is 18.5 Å². The minimum atomic E-state index is -0.0667. The number of methoxy groups -OCH3 is 2.